The summed E-state index contributed by atoms with van der Waals surface area (Å²) in [6.07, 6.45) is 7.29. The molecule has 0 spiro atoms. The molecule has 3 unspecified atom stereocenters. The van der Waals surface area contributed by atoms with Gasteiger partial charge in [-0.15, -0.1) is 0 Å². The number of piperidine rings is 1. The molecule has 20 heavy (non-hydrogen) atoms. The van der Waals surface area contributed by atoms with Crippen LogP contribution in [0, 0.1) is 5.92 Å². The number of aromatic nitrogens is 2. The third-order valence-corrected chi connectivity index (χ3v) is 5.87. The summed E-state index contributed by atoms with van der Waals surface area (Å²) in [5.74, 6) is 0.718. The van der Waals surface area contributed by atoms with E-state index in [9.17, 15) is 0 Å². The van der Waals surface area contributed by atoms with Gasteiger partial charge in [0.25, 0.3) is 0 Å². The van der Waals surface area contributed by atoms with Crippen LogP contribution in [0.2, 0.25) is 0 Å². The molecule has 1 aromatic heterocycles. The van der Waals surface area contributed by atoms with Crippen LogP contribution in [0.3, 0.4) is 0 Å². The number of halogens is 1. The average molecular weight is 341 g/mol. The van der Waals surface area contributed by atoms with Crippen LogP contribution in [0.25, 0.3) is 0 Å². The highest BCUT2D eigenvalue weighted by atomic mass is 79.9. The predicted octanol–water partition coefficient (Wildman–Crippen LogP) is 2.71. The van der Waals surface area contributed by atoms with Gasteiger partial charge in [-0.1, -0.05) is 6.92 Å². The summed E-state index contributed by atoms with van der Waals surface area (Å²) >= 11 is 3.68. The standard InChI is InChI=1S/C15H25BrN4/c1-4-17-14(15-13(16)9-18-20(15)3)10-7-11-5-6-12(8-10)19(11)2/h9-12,14,17H,4-8H2,1-3H3. The van der Waals surface area contributed by atoms with Gasteiger partial charge in [-0.2, -0.15) is 5.10 Å². The van der Waals surface area contributed by atoms with Crippen LogP contribution >= 0.6 is 15.9 Å². The number of hydrogen-bond donors (Lipinski definition) is 1. The Morgan fingerprint density at radius 3 is 2.50 bits per heavy atom. The number of nitrogens with one attached hydrogen (secondary N) is 1. The molecule has 5 heteroatoms. The van der Waals surface area contributed by atoms with Gasteiger partial charge in [-0.25, -0.2) is 0 Å². The Hall–Kier alpha value is -0.390. The Morgan fingerprint density at radius 2 is 2.00 bits per heavy atom. The summed E-state index contributed by atoms with van der Waals surface area (Å²) in [5, 5.41) is 8.11. The topological polar surface area (TPSA) is 33.1 Å². The van der Waals surface area contributed by atoms with Gasteiger partial charge in [0.05, 0.1) is 22.4 Å². The van der Waals surface area contributed by atoms with Crippen molar-refractivity contribution in [3.05, 3.63) is 16.4 Å². The smallest absolute Gasteiger partial charge is 0.0695 e. The minimum Gasteiger partial charge on any atom is -0.309 e. The van der Waals surface area contributed by atoms with Crippen molar-refractivity contribution in [2.45, 2.75) is 50.7 Å². The molecule has 0 saturated carbocycles. The maximum Gasteiger partial charge on any atom is 0.0695 e. The minimum absolute atomic E-state index is 0.415. The van der Waals surface area contributed by atoms with E-state index in [4.69, 9.17) is 0 Å². The van der Waals surface area contributed by atoms with Crippen LogP contribution in [0.5, 0.6) is 0 Å². The van der Waals surface area contributed by atoms with Gasteiger partial charge in [0.2, 0.25) is 0 Å². The number of nitrogens with zero attached hydrogens (tertiary/aromatic N) is 3. The monoisotopic (exact) mass is 340 g/mol. The molecule has 2 bridgehead atoms. The summed E-state index contributed by atoms with van der Waals surface area (Å²) in [6.45, 7) is 3.20. The molecule has 3 heterocycles. The van der Waals surface area contributed by atoms with E-state index in [0.717, 1.165) is 29.0 Å². The Bertz CT molecular complexity index is 439. The summed E-state index contributed by atoms with van der Waals surface area (Å²) in [6, 6.07) is 1.98. The highest BCUT2D eigenvalue weighted by Gasteiger charge is 2.42. The number of fused-ring (bicyclic) bond motifs is 2. The highest BCUT2D eigenvalue weighted by molar-refractivity contribution is 9.10. The molecule has 4 nitrogen and oxygen atoms in total. The predicted molar refractivity (Wildman–Crippen MR) is 84.6 cm³/mol. The fourth-order valence-electron chi connectivity index (χ4n) is 4.20. The second-order valence-electron chi connectivity index (χ2n) is 6.32. The van der Waals surface area contributed by atoms with Gasteiger partial charge in [-0.05, 0) is 61.1 Å². The van der Waals surface area contributed by atoms with Crippen molar-refractivity contribution in [3.63, 3.8) is 0 Å². The van der Waals surface area contributed by atoms with Crippen molar-refractivity contribution in [3.8, 4) is 0 Å². The number of hydrogen-bond acceptors (Lipinski definition) is 3. The lowest BCUT2D eigenvalue weighted by Crippen LogP contribution is -2.44. The Balaban J connectivity index is 1.85. The molecule has 1 aromatic rings. The van der Waals surface area contributed by atoms with E-state index >= 15 is 0 Å². The Morgan fingerprint density at radius 1 is 1.35 bits per heavy atom. The lowest BCUT2D eigenvalue weighted by molar-refractivity contribution is 0.111. The van der Waals surface area contributed by atoms with Crippen molar-refractivity contribution in [2.75, 3.05) is 13.6 Å². The Labute approximate surface area is 130 Å². The van der Waals surface area contributed by atoms with Gasteiger partial charge in [-0.3, -0.25) is 4.68 Å². The minimum atomic E-state index is 0.415. The summed E-state index contributed by atoms with van der Waals surface area (Å²) in [7, 11) is 4.36. The lowest BCUT2D eigenvalue weighted by Gasteiger charge is -2.40. The fraction of sp³-hybridized carbons (Fsp3) is 0.800. The van der Waals surface area contributed by atoms with Crippen LogP contribution in [0.4, 0.5) is 0 Å². The second kappa shape index (κ2) is 5.78. The largest absolute Gasteiger partial charge is 0.309 e. The first-order chi connectivity index (χ1) is 9.61. The molecule has 2 fully saturated rings. The lowest BCUT2D eigenvalue weighted by atomic mass is 9.83. The molecule has 1 N–H and O–H groups in total. The molecule has 112 valence electrons. The van der Waals surface area contributed by atoms with E-state index in [1.54, 1.807) is 0 Å². The molecule has 0 aromatic carbocycles. The zero-order valence-corrected chi connectivity index (χ0v) is 14.2. The third-order valence-electron chi connectivity index (χ3n) is 5.26. The van der Waals surface area contributed by atoms with Gasteiger partial charge >= 0.3 is 0 Å². The maximum atomic E-state index is 4.40. The first-order valence-electron chi connectivity index (χ1n) is 7.74. The molecule has 0 aliphatic carbocycles. The van der Waals surface area contributed by atoms with Crippen molar-refractivity contribution >= 4 is 15.9 Å². The zero-order valence-electron chi connectivity index (χ0n) is 12.6. The SMILES string of the molecule is CCNC(c1c(Br)cnn1C)C1CC2CCC(C1)N2C. The molecular weight excluding hydrogens is 316 g/mol. The van der Waals surface area contributed by atoms with E-state index in [-0.39, 0.29) is 0 Å². The van der Waals surface area contributed by atoms with Crippen molar-refractivity contribution < 1.29 is 0 Å². The van der Waals surface area contributed by atoms with E-state index in [0.29, 0.717) is 6.04 Å². The molecule has 2 aliphatic heterocycles. The molecular formula is C15H25BrN4. The quantitative estimate of drug-likeness (QED) is 0.914. The van der Waals surface area contributed by atoms with Crippen LogP contribution in [0.1, 0.15) is 44.3 Å². The van der Waals surface area contributed by atoms with E-state index in [1.165, 1.54) is 31.4 Å². The maximum absolute atomic E-state index is 4.40. The molecule has 0 radical (unpaired) electrons. The molecule has 0 amide bonds. The van der Waals surface area contributed by atoms with Crippen molar-refractivity contribution in [2.24, 2.45) is 13.0 Å². The zero-order chi connectivity index (χ0) is 14.3. The van der Waals surface area contributed by atoms with Gasteiger partial charge in [0, 0.05) is 19.1 Å². The van der Waals surface area contributed by atoms with Crippen molar-refractivity contribution in [1.29, 1.82) is 0 Å². The van der Waals surface area contributed by atoms with Crippen LogP contribution < -0.4 is 5.32 Å². The highest BCUT2D eigenvalue weighted by Crippen LogP contribution is 2.43. The van der Waals surface area contributed by atoms with Crippen molar-refractivity contribution in [1.82, 2.24) is 20.0 Å². The third kappa shape index (κ3) is 2.44. The van der Waals surface area contributed by atoms with Crippen LogP contribution in [-0.2, 0) is 7.05 Å². The van der Waals surface area contributed by atoms with Gasteiger partial charge in [0.1, 0.15) is 0 Å². The molecule has 2 aliphatic rings. The Kier molecular flexibility index (Phi) is 4.20. The van der Waals surface area contributed by atoms with Crippen LogP contribution in [0.15, 0.2) is 10.7 Å². The normalized spacial score (nSPS) is 31.7. The number of rotatable bonds is 4. The van der Waals surface area contributed by atoms with E-state index < -0.39 is 0 Å². The first-order valence-corrected chi connectivity index (χ1v) is 8.53. The summed E-state index contributed by atoms with van der Waals surface area (Å²) in [4.78, 5) is 2.61. The van der Waals surface area contributed by atoms with Gasteiger partial charge in [0.15, 0.2) is 0 Å². The second-order valence-corrected chi connectivity index (χ2v) is 7.17. The van der Waals surface area contributed by atoms with E-state index in [2.05, 4.69) is 45.2 Å². The van der Waals surface area contributed by atoms with Crippen LogP contribution in [-0.4, -0.2) is 40.4 Å². The summed E-state index contributed by atoms with van der Waals surface area (Å²) in [5.41, 5.74) is 1.31. The molecule has 3 atom stereocenters. The average Bonchev–Trinajstić information content (AvgIpc) is 2.84. The van der Waals surface area contributed by atoms with E-state index in [1.807, 2.05) is 17.9 Å². The van der Waals surface area contributed by atoms with Gasteiger partial charge < -0.3 is 10.2 Å². The summed E-state index contributed by atoms with van der Waals surface area (Å²) < 4.78 is 3.16. The molecule has 3 rings (SSSR count). The fourth-order valence-corrected chi connectivity index (χ4v) is 4.80. The molecule has 2 saturated heterocycles. The number of aryl methyl sites for hydroxylation is 1. The first kappa shape index (κ1) is 14.5.